The molecule has 1 aromatic rings. The molecule has 1 heterocycles. The average molecular weight is 262 g/mol. The van der Waals surface area contributed by atoms with Gasteiger partial charge in [0.1, 0.15) is 17.5 Å². The van der Waals surface area contributed by atoms with Crippen LogP contribution in [0.1, 0.15) is 51.8 Å². The van der Waals surface area contributed by atoms with Crippen LogP contribution >= 0.6 is 0 Å². The van der Waals surface area contributed by atoms with Gasteiger partial charge in [0.05, 0.1) is 0 Å². The third-order valence-electron chi connectivity index (χ3n) is 3.73. The van der Waals surface area contributed by atoms with Crippen molar-refractivity contribution < 1.29 is 0 Å². The van der Waals surface area contributed by atoms with Gasteiger partial charge < -0.3 is 10.6 Å². The van der Waals surface area contributed by atoms with Gasteiger partial charge in [-0.05, 0) is 18.8 Å². The third kappa shape index (κ3) is 4.37. The van der Waals surface area contributed by atoms with Crippen LogP contribution in [0.4, 0.5) is 11.6 Å². The molecule has 0 bridgehead atoms. The summed E-state index contributed by atoms with van der Waals surface area (Å²) in [5.41, 5.74) is 0. The fourth-order valence-electron chi connectivity index (χ4n) is 2.28. The van der Waals surface area contributed by atoms with Crippen LogP contribution in [0.5, 0.6) is 0 Å². The summed E-state index contributed by atoms with van der Waals surface area (Å²) in [4.78, 5) is 9.04. The van der Waals surface area contributed by atoms with E-state index in [0.29, 0.717) is 0 Å². The van der Waals surface area contributed by atoms with Crippen LogP contribution < -0.4 is 10.6 Å². The summed E-state index contributed by atoms with van der Waals surface area (Å²) < 4.78 is 0. The number of rotatable bonds is 8. The van der Waals surface area contributed by atoms with E-state index in [1.165, 1.54) is 25.7 Å². The zero-order chi connectivity index (χ0) is 13.5. The first-order valence-corrected chi connectivity index (χ1v) is 7.67. The number of hydrogen-bond donors (Lipinski definition) is 2. The number of nitrogens with one attached hydrogen (secondary N) is 2. The first-order valence-electron chi connectivity index (χ1n) is 7.67. The number of nitrogens with zero attached hydrogens (tertiary/aromatic N) is 2. The minimum Gasteiger partial charge on any atom is -0.370 e. The molecule has 1 aliphatic rings. The van der Waals surface area contributed by atoms with Crippen molar-refractivity contribution in [3.8, 4) is 0 Å². The maximum atomic E-state index is 4.54. The monoisotopic (exact) mass is 262 g/mol. The molecule has 1 aromatic heterocycles. The molecule has 1 fully saturated rings. The van der Waals surface area contributed by atoms with Crippen LogP contribution in [-0.2, 0) is 6.42 Å². The maximum Gasteiger partial charge on any atom is 0.132 e. The lowest BCUT2D eigenvalue weighted by Crippen LogP contribution is -2.16. The van der Waals surface area contributed by atoms with Crippen molar-refractivity contribution in [3.63, 3.8) is 0 Å². The lowest BCUT2D eigenvalue weighted by Gasteiger charge is -2.25. The van der Waals surface area contributed by atoms with Gasteiger partial charge >= 0.3 is 0 Å². The Bertz CT molecular complexity index is 388. The van der Waals surface area contributed by atoms with Crippen LogP contribution in [-0.4, -0.2) is 23.1 Å². The average Bonchev–Trinajstić information content (AvgIpc) is 2.39. The van der Waals surface area contributed by atoms with Crippen molar-refractivity contribution >= 4 is 11.6 Å². The second-order valence-corrected chi connectivity index (χ2v) is 5.35. The van der Waals surface area contributed by atoms with Crippen molar-refractivity contribution in [2.75, 3.05) is 23.7 Å². The standard InChI is InChI=1S/C15H26N4/c1-3-9-16-14-11-15(19-13(4-2)18-14)17-10-8-12-6-5-7-12/h11-12H,3-10H2,1-2H3,(H2,16,17,18,19). The number of aryl methyl sites for hydroxylation is 1. The fourth-order valence-corrected chi connectivity index (χ4v) is 2.28. The van der Waals surface area contributed by atoms with E-state index in [0.717, 1.165) is 49.3 Å². The highest BCUT2D eigenvalue weighted by Crippen LogP contribution is 2.29. The van der Waals surface area contributed by atoms with Crippen molar-refractivity contribution in [2.24, 2.45) is 5.92 Å². The van der Waals surface area contributed by atoms with Crippen LogP contribution in [0.3, 0.4) is 0 Å². The summed E-state index contributed by atoms with van der Waals surface area (Å²) >= 11 is 0. The minimum absolute atomic E-state index is 0.874. The Morgan fingerprint density at radius 1 is 1.11 bits per heavy atom. The molecule has 1 saturated carbocycles. The molecule has 4 heteroatoms. The van der Waals surface area contributed by atoms with Crippen molar-refractivity contribution in [1.82, 2.24) is 9.97 Å². The molecule has 106 valence electrons. The van der Waals surface area contributed by atoms with Gasteiger partial charge in [0.25, 0.3) is 0 Å². The Labute approximate surface area is 116 Å². The SMILES string of the molecule is CCCNc1cc(NCCC2CCC2)nc(CC)n1. The summed E-state index contributed by atoms with van der Waals surface area (Å²) in [7, 11) is 0. The first-order chi connectivity index (χ1) is 9.31. The van der Waals surface area contributed by atoms with Gasteiger partial charge in [-0.15, -0.1) is 0 Å². The smallest absolute Gasteiger partial charge is 0.132 e. The second kappa shape index (κ2) is 7.31. The van der Waals surface area contributed by atoms with E-state index in [4.69, 9.17) is 0 Å². The Balaban J connectivity index is 1.89. The quantitative estimate of drug-likeness (QED) is 0.753. The van der Waals surface area contributed by atoms with Crippen LogP contribution in [0.15, 0.2) is 6.07 Å². The summed E-state index contributed by atoms with van der Waals surface area (Å²) in [6.07, 6.45) is 7.49. The van der Waals surface area contributed by atoms with Gasteiger partial charge in [0.2, 0.25) is 0 Å². The molecular formula is C15H26N4. The molecule has 0 aliphatic heterocycles. The zero-order valence-electron chi connectivity index (χ0n) is 12.2. The lowest BCUT2D eigenvalue weighted by atomic mass is 9.83. The number of anilines is 2. The highest BCUT2D eigenvalue weighted by molar-refractivity contribution is 5.47. The topological polar surface area (TPSA) is 49.8 Å². The second-order valence-electron chi connectivity index (χ2n) is 5.35. The molecule has 0 spiro atoms. The Kier molecular flexibility index (Phi) is 5.43. The fraction of sp³-hybridized carbons (Fsp3) is 0.733. The molecule has 0 unspecified atom stereocenters. The lowest BCUT2D eigenvalue weighted by molar-refractivity contribution is 0.303. The molecule has 0 radical (unpaired) electrons. The molecular weight excluding hydrogens is 236 g/mol. The molecule has 2 rings (SSSR count). The molecule has 2 N–H and O–H groups in total. The minimum atomic E-state index is 0.874. The van der Waals surface area contributed by atoms with E-state index in [-0.39, 0.29) is 0 Å². The van der Waals surface area contributed by atoms with Crippen LogP contribution in [0, 0.1) is 5.92 Å². The van der Waals surface area contributed by atoms with Gasteiger partial charge in [-0.3, -0.25) is 0 Å². The van der Waals surface area contributed by atoms with Crippen LogP contribution in [0.25, 0.3) is 0 Å². The normalized spacial score (nSPS) is 15.1. The molecule has 0 saturated heterocycles. The van der Waals surface area contributed by atoms with E-state index in [9.17, 15) is 0 Å². The number of aromatic nitrogens is 2. The van der Waals surface area contributed by atoms with Gasteiger partial charge in [0, 0.05) is 25.6 Å². The predicted molar refractivity (Wildman–Crippen MR) is 80.6 cm³/mol. The molecule has 0 aromatic carbocycles. The molecule has 0 amide bonds. The van der Waals surface area contributed by atoms with Crippen molar-refractivity contribution in [2.45, 2.75) is 52.4 Å². The summed E-state index contributed by atoms with van der Waals surface area (Å²) in [5, 5.41) is 6.78. The zero-order valence-corrected chi connectivity index (χ0v) is 12.2. The largest absolute Gasteiger partial charge is 0.370 e. The van der Waals surface area contributed by atoms with E-state index in [1.807, 2.05) is 6.07 Å². The molecule has 4 nitrogen and oxygen atoms in total. The van der Waals surface area contributed by atoms with Crippen molar-refractivity contribution in [1.29, 1.82) is 0 Å². The summed E-state index contributed by atoms with van der Waals surface area (Å²) in [6, 6.07) is 2.02. The Hall–Kier alpha value is -1.32. The molecule has 0 atom stereocenters. The number of hydrogen-bond acceptors (Lipinski definition) is 4. The van der Waals surface area contributed by atoms with Gasteiger partial charge in [-0.1, -0.05) is 33.1 Å². The van der Waals surface area contributed by atoms with E-state index < -0.39 is 0 Å². The summed E-state index contributed by atoms with van der Waals surface area (Å²) in [5.74, 6) is 3.76. The third-order valence-corrected chi connectivity index (χ3v) is 3.73. The maximum absolute atomic E-state index is 4.54. The highest BCUT2D eigenvalue weighted by atomic mass is 15.1. The summed E-state index contributed by atoms with van der Waals surface area (Å²) in [6.45, 7) is 6.24. The first kappa shape index (κ1) is 14.1. The van der Waals surface area contributed by atoms with Crippen LogP contribution in [0.2, 0.25) is 0 Å². The Morgan fingerprint density at radius 2 is 1.79 bits per heavy atom. The van der Waals surface area contributed by atoms with E-state index in [1.54, 1.807) is 0 Å². The predicted octanol–water partition coefficient (Wildman–Crippen LogP) is 3.46. The van der Waals surface area contributed by atoms with E-state index in [2.05, 4.69) is 34.4 Å². The van der Waals surface area contributed by atoms with E-state index >= 15 is 0 Å². The highest BCUT2D eigenvalue weighted by Gasteiger charge is 2.16. The van der Waals surface area contributed by atoms with Gasteiger partial charge in [-0.25, -0.2) is 9.97 Å². The Morgan fingerprint density at radius 3 is 2.32 bits per heavy atom. The molecule has 19 heavy (non-hydrogen) atoms. The molecule has 1 aliphatic carbocycles. The van der Waals surface area contributed by atoms with Crippen molar-refractivity contribution in [3.05, 3.63) is 11.9 Å². The van der Waals surface area contributed by atoms with Gasteiger partial charge in [0.15, 0.2) is 0 Å². The van der Waals surface area contributed by atoms with Gasteiger partial charge in [-0.2, -0.15) is 0 Å².